The van der Waals surface area contributed by atoms with Crippen molar-refractivity contribution in [3.63, 3.8) is 0 Å². The number of rotatable bonds is 5. The minimum atomic E-state index is 0.0477. The van der Waals surface area contributed by atoms with Crippen LogP contribution in [0.3, 0.4) is 0 Å². The van der Waals surface area contributed by atoms with Crippen LogP contribution in [0.4, 0.5) is 0 Å². The molecular formula is C23H31N3OS. The molecule has 150 valence electrons. The lowest BCUT2D eigenvalue weighted by molar-refractivity contribution is 0.0894. The van der Waals surface area contributed by atoms with E-state index in [9.17, 15) is 4.79 Å². The maximum Gasteiger partial charge on any atom is 0.263 e. The van der Waals surface area contributed by atoms with Crippen molar-refractivity contribution in [1.82, 2.24) is 15.2 Å². The summed E-state index contributed by atoms with van der Waals surface area (Å²) in [5.41, 5.74) is 4.42. The number of amides is 1. The van der Waals surface area contributed by atoms with Crippen LogP contribution < -0.4 is 5.32 Å². The lowest BCUT2D eigenvalue weighted by atomic mass is 9.69. The highest BCUT2D eigenvalue weighted by molar-refractivity contribution is 7.11. The lowest BCUT2D eigenvalue weighted by Crippen LogP contribution is -2.49. The Kier molecular flexibility index (Phi) is 6.12. The highest BCUT2D eigenvalue weighted by Gasteiger charge is 2.36. The number of nitrogens with zero attached hydrogens (tertiary/aromatic N) is 2. The number of carbonyl (C=O) groups is 1. The Bertz CT molecular complexity index is 774. The summed E-state index contributed by atoms with van der Waals surface area (Å²) in [4.78, 5) is 20.1. The van der Waals surface area contributed by atoms with Crippen LogP contribution in [0.25, 0.3) is 0 Å². The van der Waals surface area contributed by atoms with Gasteiger partial charge >= 0.3 is 0 Å². The molecule has 1 aliphatic heterocycles. The highest BCUT2D eigenvalue weighted by atomic mass is 32.1. The molecule has 4 rings (SSSR count). The fraction of sp³-hybridized carbons (Fsp3) is 0.565. The normalized spacial score (nSPS) is 20.8. The van der Waals surface area contributed by atoms with Gasteiger partial charge in [0.1, 0.15) is 4.88 Å². The first kappa shape index (κ1) is 19.6. The van der Waals surface area contributed by atoms with E-state index >= 15 is 0 Å². The fourth-order valence-electron chi connectivity index (χ4n) is 4.99. The summed E-state index contributed by atoms with van der Waals surface area (Å²) in [7, 11) is 0. The molecule has 5 heteroatoms. The van der Waals surface area contributed by atoms with Gasteiger partial charge < -0.3 is 10.2 Å². The second-order valence-corrected chi connectivity index (χ2v) is 9.35. The van der Waals surface area contributed by atoms with Crippen molar-refractivity contribution in [3.8, 4) is 0 Å². The molecule has 4 nitrogen and oxygen atoms in total. The van der Waals surface area contributed by atoms with Gasteiger partial charge in [-0.25, -0.2) is 4.98 Å². The monoisotopic (exact) mass is 397 g/mol. The zero-order valence-corrected chi connectivity index (χ0v) is 17.6. The second-order valence-electron chi connectivity index (χ2n) is 8.50. The van der Waals surface area contributed by atoms with Gasteiger partial charge in [0, 0.05) is 31.1 Å². The minimum Gasteiger partial charge on any atom is -0.348 e. The van der Waals surface area contributed by atoms with E-state index in [1.54, 1.807) is 5.51 Å². The number of likely N-dealkylation sites (tertiary alicyclic amines) is 1. The van der Waals surface area contributed by atoms with Gasteiger partial charge in [-0.2, -0.15) is 0 Å². The number of piperidine rings is 1. The quantitative estimate of drug-likeness (QED) is 0.805. The average molecular weight is 398 g/mol. The van der Waals surface area contributed by atoms with Crippen LogP contribution >= 0.6 is 11.3 Å². The van der Waals surface area contributed by atoms with Crippen molar-refractivity contribution in [3.05, 3.63) is 52.0 Å². The number of carbonyl (C=O) groups excluding carboxylic acids is 1. The molecule has 2 aliphatic rings. The van der Waals surface area contributed by atoms with Gasteiger partial charge in [0.05, 0.1) is 11.2 Å². The summed E-state index contributed by atoms with van der Waals surface area (Å²) >= 11 is 1.43. The van der Waals surface area contributed by atoms with Gasteiger partial charge in [0.25, 0.3) is 5.91 Å². The molecule has 1 N–H and O–H groups in total. The van der Waals surface area contributed by atoms with Gasteiger partial charge in [0.2, 0.25) is 0 Å². The molecule has 0 unspecified atom stereocenters. The Morgan fingerprint density at radius 1 is 1.18 bits per heavy atom. The molecule has 1 aliphatic carbocycles. The van der Waals surface area contributed by atoms with Crippen molar-refractivity contribution in [2.45, 2.75) is 63.3 Å². The second kappa shape index (κ2) is 8.75. The van der Waals surface area contributed by atoms with E-state index in [2.05, 4.69) is 45.5 Å². The van der Waals surface area contributed by atoms with Crippen molar-refractivity contribution < 1.29 is 4.79 Å². The first-order valence-electron chi connectivity index (χ1n) is 10.7. The highest BCUT2D eigenvalue weighted by Crippen LogP contribution is 2.40. The van der Waals surface area contributed by atoms with E-state index < -0.39 is 0 Å². The molecule has 1 aromatic heterocycles. The third-order valence-electron chi connectivity index (χ3n) is 6.60. The van der Waals surface area contributed by atoms with Crippen LogP contribution in [0, 0.1) is 6.92 Å². The van der Waals surface area contributed by atoms with Crippen LogP contribution in [-0.4, -0.2) is 41.5 Å². The van der Waals surface area contributed by atoms with Crippen molar-refractivity contribution >= 4 is 17.2 Å². The Hall–Kier alpha value is -1.72. The van der Waals surface area contributed by atoms with Gasteiger partial charge in [0.15, 0.2) is 0 Å². The standard InChI is InChI=1S/C23H31N3OS/c1-18-21(28-17-24-18)22(27)25-20-10-14-26(15-11-20)16-23(12-6-3-7-13-23)19-8-4-2-5-9-19/h2,4-5,8-9,17,20H,3,6-7,10-16H2,1H3,(H,25,27). The molecule has 1 saturated heterocycles. The number of thiazole rings is 1. The molecule has 2 aromatic rings. The topological polar surface area (TPSA) is 45.2 Å². The smallest absolute Gasteiger partial charge is 0.263 e. The molecule has 1 saturated carbocycles. The van der Waals surface area contributed by atoms with Gasteiger partial charge in [-0.15, -0.1) is 11.3 Å². The minimum absolute atomic E-state index is 0.0477. The third-order valence-corrected chi connectivity index (χ3v) is 7.52. The van der Waals surface area contributed by atoms with E-state index in [-0.39, 0.29) is 11.9 Å². The number of nitrogens with one attached hydrogen (secondary N) is 1. The molecule has 0 bridgehead atoms. The van der Waals surface area contributed by atoms with E-state index in [4.69, 9.17) is 0 Å². The van der Waals surface area contributed by atoms with Crippen LogP contribution in [0.2, 0.25) is 0 Å². The van der Waals surface area contributed by atoms with Crippen LogP contribution in [0.15, 0.2) is 35.8 Å². The largest absolute Gasteiger partial charge is 0.348 e. The molecule has 28 heavy (non-hydrogen) atoms. The van der Waals surface area contributed by atoms with Crippen LogP contribution in [0.1, 0.15) is 65.9 Å². The first-order valence-corrected chi connectivity index (χ1v) is 11.5. The summed E-state index contributed by atoms with van der Waals surface area (Å²) < 4.78 is 0. The third kappa shape index (κ3) is 4.31. The van der Waals surface area contributed by atoms with Gasteiger partial charge in [-0.3, -0.25) is 4.79 Å². The molecule has 0 atom stereocenters. The number of hydrogen-bond donors (Lipinski definition) is 1. The zero-order valence-electron chi connectivity index (χ0n) is 16.8. The fourth-order valence-corrected chi connectivity index (χ4v) is 5.70. The maximum atomic E-state index is 12.5. The Balaban J connectivity index is 1.35. The number of benzene rings is 1. The van der Waals surface area contributed by atoms with Crippen molar-refractivity contribution in [1.29, 1.82) is 0 Å². The van der Waals surface area contributed by atoms with E-state index in [1.165, 1.54) is 49.0 Å². The average Bonchev–Trinajstić information content (AvgIpc) is 3.17. The first-order chi connectivity index (χ1) is 13.7. The lowest BCUT2D eigenvalue weighted by Gasteiger charge is -2.43. The van der Waals surface area contributed by atoms with Crippen LogP contribution in [0.5, 0.6) is 0 Å². The summed E-state index contributed by atoms with van der Waals surface area (Å²) in [5.74, 6) is 0.0477. The molecule has 1 amide bonds. The van der Waals surface area contributed by atoms with Crippen molar-refractivity contribution in [2.24, 2.45) is 0 Å². The van der Waals surface area contributed by atoms with Gasteiger partial charge in [-0.1, -0.05) is 49.6 Å². The Labute approximate surface area is 172 Å². The molecule has 2 fully saturated rings. The SMILES string of the molecule is Cc1ncsc1C(=O)NC1CCN(CC2(c3ccccc3)CCCCC2)CC1. The predicted molar refractivity (Wildman–Crippen MR) is 115 cm³/mol. The van der Waals surface area contributed by atoms with Crippen molar-refractivity contribution in [2.75, 3.05) is 19.6 Å². The maximum absolute atomic E-state index is 12.5. The molecule has 0 spiro atoms. The van der Waals surface area contributed by atoms with E-state index in [0.717, 1.165) is 43.0 Å². The molecule has 1 aromatic carbocycles. The zero-order chi connectivity index (χ0) is 19.4. The van der Waals surface area contributed by atoms with E-state index in [0.29, 0.717) is 5.41 Å². The summed E-state index contributed by atoms with van der Waals surface area (Å²) in [6.07, 6.45) is 8.74. The molecular weight excluding hydrogens is 366 g/mol. The summed E-state index contributed by atoms with van der Waals surface area (Å²) in [6.45, 7) is 5.20. The Morgan fingerprint density at radius 2 is 1.89 bits per heavy atom. The Morgan fingerprint density at radius 3 is 2.54 bits per heavy atom. The van der Waals surface area contributed by atoms with Gasteiger partial charge in [-0.05, 0) is 38.2 Å². The number of aromatic nitrogens is 1. The molecule has 0 radical (unpaired) electrons. The number of aryl methyl sites for hydroxylation is 1. The predicted octanol–water partition coefficient (Wildman–Crippen LogP) is 4.55. The van der Waals surface area contributed by atoms with Crippen LogP contribution in [-0.2, 0) is 5.41 Å². The summed E-state index contributed by atoms with van der Waals surface area (Å²) in [5, 5.41) is 3.23. The summed E-state index contributed by atoms with van der Waals surface area (Å²) in [6, 6.07) is 11.4. The molecule has 2 heterocycles. The number of hydrogen-bond acceptors (Lipinski definition) is 4. The van der Waals surface area contributed by atoms with E-state index in [1.807, 2.05) is 6.92 Å².